The molecule has 0 bridgehead atoms. The predicted octanol–water partition coefficient (Wildman–Crippen LogP) is 4.35. The summed E-state index contributed by atoms with van der Waals surface area (Å²) < 4.78 is 10.4. The molecule has 0 radical (unpaired) electrons. The number of hydrogen-bond donors (Lipinski definition) is 1. The third kappa shape index (κ3) is 4.58. The van der Waals surface area contributed by atoms with Gasteiger partial charge in [0.05, 0.1) is 24.9 Å². The summed E-state index contributed by atoms with van der Waals surface area (Å²) in [5.74, 6) is -0.386. The zero-order valence-electron chi connectivity index (χ0n) is 17.9. The summed E-state index contributed by atoms with van der Waals surface area (Å²) >= 11 is 0. The van der Waals surface area contributed by atoms with Gasteiger partial charge >= 0.3 is 5.97 Å². The fourth-order valence-electron chi connectivity index (χ4n) is 3.94. The molecule has 2 aliphatic rings. The average Bonchev–Trinajstić information content (AvgIpc) is 2.98. The van der Waals surface area contributed by atoms with Crippen LogP contribution in [0.2, 0.25) is 0 Å². The number of hydrogen-bond acceptors (Lipinski definition) is 5. The number of phenolic OH excluding ortho intramolecular Hbond substituents is 1. The topological polar surface area (TPSA) is 76.1 Å². The zero-order chi connectivity index (χ0) is 21.7. The highest BCUT2D eigenvalue weighted by molar-refractivity contribution is 6.16. The zero-order valence-corrected chi connectivity index (χ0v) is 17.9. The number of aromatic hydroxyl groups is 1. The van der Waals surface area contributed by atoms with Crippen LogP contribution in [0.1, 0.15) is 51.5 Å². The number of phenols is 1. The highest BCUT2D eigenvalue weighted by Crippen LogP contribution is 2.34. The highest BCUT2D eigenvalue weighted by atomic mass is 16.5. The molecule has 0 atom stereocenters. The quantitative estimate of drug-likeness (QED) is 0.410. The van der Waals surface area contributed by atoms with Gasteiger partial charge in [-0.15, -0.1) is 0 Å². The van der Waals surface area contributed by atoms with Gasteiger partial charge in [-0.05, 0) is 69.7 Å². The molecule has 1 aliphatic heterocycles. The molecule has 3 rings (SSSR count). The molecule has 0 fully saturated rings. The Morgan fingerprint density at radius 3 is 2.77 bits per heavy atom. The van der Waals surface area contributed by atoms with Crippen molar-refractivity contribution in [3.05, 3.63) is 52.3 Å². The maximum absolute atomic E-state index is 13.2. The van der Waals surface area contributed by atoms with Crippen molar-refractivity contribution in [1.82, 2.24) is 4.90 Å². The highest BCUT2D eigenvalue weighted by Gasteiger charge is 2.36. The lowest BCUT2D eigenvalue weighted by Gasteiger charge is -2.20. The number of esters is 1. The minimum absolute atomic E-state index is 0.0269. The van der Waals surface area contributed by atoms with E-state index in [1.807, 2.05) is 6.92 Å². The van der Waals surface area contributed by atoms with Crippen LogP contribution in [0.5, 0.6) is 11.5 Å². The fourth-order valence-corrected chi connectivity index (χ4v) is 3.94. The van der Waals surface area contributed by atoms with E-state index in [9.17, 15) is 14.7 Å². The number of carbonyl (C=O) groups excluding carboxylic acids is 2. The Bertz CT molecular complexity index is 926. The largest absolute Gasteiger partial charge is 0.504 e. The summed E-state index contributed by atoms with van der Waals surface area (Å²) in [5.41, 5.74) is 3.22. The van der Waals surface area contributed by atoms with Crippen LogP contribution in [0.3, 0.4) is 0 Å². The first-order valence-electron chi connectivity index (χ1n) is 10.4. The molecule has 30 heavy (non-hydrogen) atoms. The lowest BCUT2D eigenvalue weighted by atomic mass is 9.97. The van der Waals surface area contributed by atoms with Gasteiger partial charge in [-0.1, -0.05) is 17.7 Å². The Kier molecular flexibility index (Phi) is 6.98. The van der Waals surface area contributed by atoms with Gasteiger partial charge in [-0.25, -0.2) is 4.79 Å². The van der Waals surface area contributed by atoms with Crippen molar-refractivity contribution in [2.24, 2.45) is 0 Å². The van der Waals surface area contributed by atoms with Crippen LogP contribution in [-0.2, 0) is 14.3 Å². The number of benzene rings is 1. The summed E-state index contributed by atoms with van der Waals surface area (Å²) in [4.78, 5) is 27.3. The smallest absolute Gasteiger partial charge is 0.340 e. The van der Waals surface area contributed by atoms with E-state index >= 15 is 0 Å². The summed E-state index contributed by atoms with van der Waals surface area (Å²) in [5, 5.41) is 9.93. The van der Waals surface area contributed by atoms with Gasteiger partial charge in [0, 0.05) is 12.2 Å². The first kappa shape index (κ1) is 21.7. The first-order chi connectivity index (χ1) is 14.5. The van der Waals surface area contributed by atoms with Crippen LogP contribution in [0.4, 0.5) is 0 Å². The minimum atomic E-state index is -0.532. The number of methoxy groups -OCH3 is 1. The maximum atomic E-state index is 13.2. The number of carbonyl (C=O) groups is 2. The molecule has 1 N–H and O–H groups in total. The summed E-state index contributed by atoms with van der Waals surface area (Å²) in [6.07, 6.45) is 9.31. The minimum Gasteiger partial charge on any atom is -0.504 e. The molecule has 6 nitrogen and oxygen atoms in total. The molecular formula is C24H29NO5. The molecule has 6 heteroatoms. The summed E-state index contributed by atoms with van der Waals surface area (Å²) in [6, 6.07) is 4.84. The van der Waals surface area contributed by atoms with E-state index in [0.29, 0.717) is 35.7 Å². The normalized spacial score (nSPS) is 18.1. The molecule has 1 heterocycles. The van der Waals surface area contributed by atoms with Gasteiger partial charge in [-0.2, -0.15) is 0 Å². The lowest BCUT2D eigenvalue weighted by molar-refractivity contribution is -0.136. The van der Waals surface area contributed by atoms with Crippen molar-refractivity contribution in [3.63, 3.8) is 0 Å². The van der Waals surface area contributed by atoms with Crippen LogP contribution in [0.15, 0.2) is 46.7 Å². The van der Waals surface area contributed by atoms with E-state index in [1.54, 1.807) is 30.0 Å². The second kappa shape index (κ2) is 9.65. The number of ether oxygens (including phenoxy) is 2. The molecule has 1 amide bonds. The van der Waals surface area contributed by atoms with Gasteiger partial charge in [0.25, 0.3) is 5.91 Å². The molecule has 0 spiro atoms. The van der Waals surface area contributed by atoms with Gasteiger partial charge in [0.15, 0.2) is 11.5 Å². The van der Waals surface area contributed by atoms with E-state index in [4.69, 9.17) is 9.47 Å². The molecule has 0 unspecified atom stereocenters. The summed E-state index contributed by atoms with van der Waals surface area (Å²) in [7, 11) is 1.31. The van der Waals surface area contributed by atoms with Crippen molar-refractivity contribution in [3.8, 4) is 11.5 Å². The molecule has 0 saturated carbocycles. The Morgan fingerprint density at radius 2 is 2.10 bits per heavy atom. The van der Waals surface area contributed by atoms with Crippen molar-refractivity contribution in [2.45, 2.75) is 46.0 Å². The second-order valence-electron chi connectivity index (χ2n) is 7.49. The third-order valence-corrected chi connectivity index (χ3v) is 5.54. The van der Waals surface area contributed by atoms with Gasteiger partial charge in [0.2, 0.25) is 0 Å². The average molecular weight is 411 g/mol. The molecule has 0 aromatic heterocycles. The standard InChI is InChI=1S/C24H29NO5/c1-4-30-21-15-18(10-11-20(21)26)14-19-22(24(28)29-3)16(2)25(23(19)27)13-12-17-8-6-5-7-9-17/h8,10-11,14-15,26H,4-7,9,12-13H2,1-3H3. The Labute approximate surface area is 177 Å². The van der Waals surface area contributed by atoms with Crippen molar-refractivity contribution in [2.75, 3.05) is 20.3 Å². The van der Waals surface area contributed by atoms with Crippen LogP contribution in [0.25, 0.3) is 6.08 Å². The first-order valence-corrected chi connectivity index (χ1v) is 10.4. The maximum Gasteiger partial charge on any atom is 0.340 e. The number of nitrogens with zero attached hydrogens (tertiary/aromatic N) is 1. The number of amides is 1. The Balaban J connectivity index is 1.92. The molecule has 1 aromatic carbocycles. The van der Waals surface area contributed by atoms with Gasteiger partial charge < -0.3 is 19.5 Å². The van der Waals surface area contributed by atoms with Gasteiger partial charge in [-0.3, -0.25) is 4.79 Å². The van der Waals surface area contributed by atoms with E-state index in [0.717, 1.165) is 19.3 Å². The second-order valence-corrected chi connectivity index (χ2v) is 7.49. The van der Waals surface area contributed by atoms with E-state index in [-0.39, 0.29) is 17.2 Å². The Morgan fingerprint density at radius 1 is 1.30 bits per heavy atom. The van der Waals surface area contributed by atoms with Crippen LogP contribution >= 0.6 is 0 Å². The molecule has 1 aliphatic carbocycles. The van der Waals surface area contributed by atoms with E-state index < -0.39 is 5.97 Å². The summed E-state index contributed by atoms with van der Waals surface area (Å²) in [6.45, 7) is 4.55. The number of rotatable bonds is 7. The van der Waals surface area contributed by atoms with E-state index in [1.165, 1.54) is 31.6 Å². The fraction of sp³-hybridized carbons (Fsp3) is 0.417. The van der Waals surface area contributed by atoms with Crippen LogP contribution in [0, 0.1) is 0 Å². The lowest BCUT2D eigenvalue weighted by Crippen LogP contribution is -2.26. The molecule has 0 saturated heterocycles. The van der Waals surface area contributed by atoms with Crippen molar-refractivity contribution in [1.29, 1.82) is 0 Å². The van der Waals surface area contributed by atoms with Crippen molar-refractivity contribution >= 4 is 18.0 Å². The van der Waals surface area contributed by atoms with Crippen LogP contribution in [-0.4, -0.2) is 42.1 Å². The monoisotopic (exact) mass is 411 g/mol. The molecular weight excluding hydrogens is 382 g/mol. The van der Waals surface area contributed by atoms with E-state index in [2.05, 4.69) is 6.08 Å². The molecule has 1 aromatic rings. The Hall–Kier alpha value is -3.02. The predicted molar refractivity (Wildman–Crippen MR) is 115 cm³/mol. The van der Waals surface area contributed by atoms with Crippen molar-refractivity contribution < 1.29 is 24.2 Å². The number of allylic oxidation sites excluding steroid dienone is 2. The molecule has 160 valence electrons. The SMILES string of the molecule is CCOc1cc(C=C2C(=O)N(CCC3=CCCCC3)C(C)=C2C(=O)OC)ccc1O. The van der Waals surface area contributed by atoms with Gasteiger partial charge in [0.1, 0.15) is 0 Å². The third-order valence-electron chi connectivity index (χ3n) is 5.54. The van der Waals surface area contributed by atoms with Crippen LogP contribution < -0.4 is 4.74 Å².